The molecule has 100 valence electrons. The molecule has 0 saturated carbocycles. The topological polar surface area (TPSA) is 72.5 Å². The van der Waals surface area contributed by atoms with Gasteiger partial charge in [-0.3, -0.25) is 9.59 Å². The van der Waals surface area contributed by atoms with E-state index in [1.54, 1.807) is 24.3 Å². The van der Waals surface area contributed by atoms with E-state index < -0.39 is 12.0 Å². The highest BCUT2D eigenvalue weighted by Crippen LogP contribution is 2.13. The predicted octanol–water partition coefficient (Wildman–Crippen LogP) is 1.45. The number of Topliss-reactive ketones (excluding diaryl/α,β-unsaturated/α-hetero) is 1. The fourth-order valence-electron chi connectivity index (χ4n) is 1.77. The second kappa shape index (κ2) is 5.97. The van der Waals surface area contributed by atoms with Gasteiger partial charge in [-0.2, -0.15) is 0 Å². The Morgan fingerprint density at radius 1 is 1.42 bits per heavy atom. The monoisotopic (exact) mass is 325 g/mol. The summed E-state index contributed by atoms with van der Waals surface area (Å²) in [6, 6.07) is 6.22. The highest BCUT2D eigenvalue weighted by molar-refractivity contribution is 9.10. The van der Waals surface area contributed by atoms with Gasteiger partial charge in [-0.25, -0.2) is 4.79 Å². The Bertz CT molecular complexity index is 529. The molecule has 2 rings (SSSR count). The zero-order valence-electron chi connectivity index (χ0n) is 10.0. The lowest BCUT2D eigenvalue weighted by Crippen LogP contribution is -2.35. The van der Waals surface area contributed by atoms with Crippen molar-refractivity contribution in [1.29, 1.82) is 0 Å². The summed E-state index contributed by atoms with van der Waals surface area (Å²) in [6.45, 7) is -0.318. The minimum atomic E-state index is -0.622. The number of halogens is 1. The van der Waals surface area contributed by atoms with Gasteiger partial charge in [0, 0.05) is 16.5 Å². The quantitative estimate of drug-likeness (QED) is 0.671. The van der Waals surface area contributed by atoms with E-state index in [1.807, 2.05) is 0 Å². The highest BCUT2D eigenvalue weighted by Gasteiger charge is 2.28. The summed E-state index contributed by atoms with van der Waals surface area (Å²) in [5, 5.41) is 2.49. The Morgan fingerprint density at radius 3 is 2.84 bits per heavy atom. The van der Waals surface area contributed by atoms with Crippen LogP contribution in [0.5, 0.6) is 0 Å². The fourth-order valence-corrected chi connectivity index (χ4v) is 2.17. The number of carbonyl (C=O) groups excluding carboxylic acids is 3. The SMILES string of the molecule is O=C1CCC(C(=O)OCC(=O)c2cccc(Br)c2)N1. The van der Waals surface area contributed by atoms with E-state index in [9.17, 15) is 14.4 Å². The third kappa shape index (κ3) is 3.64. The van der Waals surface area contributed by atoms with Crippen LogP contribution in [-0.2, 0) is 14.3 Å². The first-order chi connectivity index (χ1) is 9.06. The second-order valence-electron chi connectivity index (χ2n) is 4.20. The van der Waals surface area contributed by atoms with E-state index in [0.717, 1.165) is 4.47 Å². The van der Waals surface area contributed by atoms with Gasteiger partial charge in [0.2, 0.25) is 5.91 Å². The van der Waals surface area contributed by atoms with Crippen LogP contribution in [0.2, 0.25) is 0 Å². The Morgan fingerprint density at radius 2 is 2.21 bits per heavy atom. The van der Waals surface area contributed by atoms with Crippen molar-refractivity contribution in [2.24, 2.45) is 0 Å². The van der Waals surface area contributed by atoms with Crippen LogP contribution in [0.1, 0.15) is 23.2 Å². The number of hydrogen-bond donors (Lipinski definition) is 1. The molecule has 0 spiro atoms. The average molecular weight is 326 g/mol. The summed E-state index contributed by atoms with van der Waals surface area (Å²) in [7, 11) is 0. The van der Waals surface area contributed by atoms with E-state index in [0.29, 0.717) is 18.4 Å². The molecule has 0 aliphatic carbocycles. The number of rotatable bonds is 4. The Hall–Kier alpha value is -1.69. The third-order valence-corrected chi connectivity index (χ3v) is 3.27. The standard InChI is InChI=1S/C13H12BrNO4/c14-9-3-1-2-8(6-9)11(16)7-19-13(18)10-4-5-12(17)15-10/h1-3,6,10H,4-5,7H2,(H,15,17). The molecule has 1 aliphatic rings. The number of esters is 1. The molecule has 1 fully saturated rings. The molecular weight excluding hydrogens is 314 g/mol. The van der Waals surface area contributed by atoms with Crippen molar-refractivity contribution >= 4 is 33.6 Å². The first kappa shape index (κ1) is 13.7. The van der Waals surface area contributed by atoms with Crippen LogP contribution in [0.4, 0.5) is 0 Å². The Labute approximate surface area is 118 Å². The summed E-state index contributed by atoms with van der Waals surface area (Å²) in [4.78, 5) is 34.4. The second-order valence-corrected chi connectivity index (χ2v) is 5.12. The molecule has 1 aromatic carbocycles. The molecule has 0 bridgehead atoms. The van der Waals surface area contributed by atoms with Crippen LogP contribution in [0.15, 0.2) is 28.7 Å². The average Bonchev–Trinajstić information content (AvgIpc) is 2.82. The van der Waals surface area contributed by atoms with Gasteiger partial charge in [0.25, 0.3) is 0 Å². The molecule has 1 aliphatic heterocycles. The summed E-state index contributed by atoms with van der Waals surface area (Å²) in [6.07, 6.45) is 0.738. The molecule has 1 amide bonds. The number of carbonyl (C=O) groups is 3. The first-order valence-corrected chi connectivity index (χ1v) is 6.60. The van der Waals surface area contributed by atoms with Crippen molar-refractivity contribution in [3.05, 3.63) is 34.3 Å². The van der Waals surface area contributed by atoms with E-state index in [2.05, 4.69) is 21.2 Å². The van der Waals surface area contributed by atoms with Crippen LogP contribution >= 0.6 is 15.9 Å². The molecule has 1 unspecified atom stereocenters. The zero-order valence-corrected chi connectivity index (χ0v) is 11.6. The number of nitrogens with one attached hydrogen (secondary N) is 1. The molecular formula is C13H12BrNO4. The number of ether oxygens (including phenoxy) is 1. The van der Waals surface area contributed by atoms with Crippen molar-refractivity contribution in [3.8, 4) is 0 Å². The summed E-state index contributed by atoms with van der Waals surface area (Å²) < 4.78 is 5.70. The minimum Gasteiger partial charge on any atom is -0.456 e. The molecule has 0 radical (unpaired) electrons. The minimum absolute atomic E-state index is 0.166. The lowest BCUT2D eigenvalue weighted by molar-refractivity contribution is -0.145. The van der Waals surface area contributed by atoms with Gasteiger partial charge in [-0.05, 0) is 18.6 Å². The van der Waals surface area contributed by atoms with Crippen LogP contribution in [0, 0.1) is 0 Å². The number of benzene rings is 1. The Kier molecular flexibility index (Phi) is 4.31. The van der Waals surface area contributed by atoms with Crippen molar-refractivity contribution in [2.45, 2.75) is 18.9 Å². The van der Waals surface area contributed by atoms with Crippen LogP contribution in [0.3, 0.4) is 0 Å². The van der Waals surface area contributed by atoms with Gasteiger partial charge >= 0.3 is 5.97 Å². The molecule has 5 nitrogen and oxygen atoms in total. The summed E-state index contributed by atoms with van der Waals surface area (Å²) >= 11 is 3.26. The molecule has 19 heavy (non-hydrogen) atoms. The maximum Gasteiger partial charge on any atom is 0.329 e. The van der Waals surface area contributed by atoms with Gasteiger partial charge in [-0.1, -0.05) is 28.1 Å². The molecule has 1 heterocycles. The van der Waals surface area contributed by atoms with Crippen LogP contribution < -0.4 is 5.32 Å². The van der Waals surface area contributed by atoms with Crippen molar-refractivity contribution in [2.75, 3.05) is 6.61 Å². The van der Waals surface area contributed by atoms with E-state index in [4.69, 9.17) is 4.74 Å². The van der Waals surface area contributed by atoms with Crippen LogP contribution in [0.25, 0.3) is 0 Å². The molecule has 1 N–H and O–H groups in total. The third-order valence-electron chi connectivity index (χ3n) is 2.77. The van der Waals surface area contributed by atoms with Crippen molar-refractivity contribution in [1.82, 2.24) is 5.32 Å². The normalized spacial score (nSPS) is 17.9. The van der Waals surface area contributed by atoms with Crippen molar-refractivity contribution < 1.29 is 19.1 Å². The zero-order chi connectivity index (χ0) is 13.8. The van der Waals surface area contributed by atoms with Gasteiger partial charge in [0.1, 0.15) is 6.04 Å². The highest BCUT2D eigenvalue weighted by atomic mass is 79.9. The maximum absolute atomic E-state index is 11.8. The van der Waals surface area contributed by atoms with Crippen LogP contribution in [-0.4, -0.2) is 30.3 Å². The van der Waals surface area contributed by atoms with E-state index in [-0.39, 0.29) is 18.3 Å². The Balaban J connectivity index is 1.87. The van der Waals surface area contributed by atoms with E-state index in [1.165, 1.54) is 0 Å². The lowest BCUT2D eigenvalue weighted by atomic mass is 10.1. The molecule has 0 aromatic heterocycles. The molecule has 6 heteroatoms. The molecule has 1 atom stereocenters. The van der Waals surface area contributed by atoms with Gasteiger partial charge in [0.05, 0.1) is 0 Å². The number of amides is 1. The number of hydrogen-bond acceptors (Lipinski definition) is 4. The summed E-state index contributed by atoms with van der Waals surface area (Å²) in [5.74, 6) is -1.01. The maximum atomic E-state index is 11.8. The van der Waals surface area contributed by atoms with E-state index >= 15 is 0 Å². The number of ketones is 1. The van der Waals surface area contributed by atoms with Gasteiger partial charge < -0.3 is 10.1 Å². The smallest absolute Gasteiger partial charge is 0.329 e. The molecule has 1 saturated heterocycles. The fraction of sp³-hybridized carbons (Fsp3) is 0.308. The first-order valence-electron chi connectivity index (χ1n) is 5.81. The lowest BCUT2D eigenvalue weighted by Gasteiger charge is -2.09. The summed E-state index contributed by atoms with van der Waals surface area (Å²) in [5.41, 5.74) is 0.470. The largest absolute Gasteiger partial charge is 0.456 e. The molecule has 1 aromatic rings. The predicted molar refractivity (Wildman–Crippen MR) is 70.6 cm³/mol. The van der Waals surface area contributed by atoms with Gasteiger partial charge in [0.15, 0.2) is 12.4 Å². The van der Waals surface area contributed by atoms with Gasteiger partial charge in [-0.15, -0.1) is 0 Å². The van der Waals surface area contributed by atoms with Crippen molar-refractivity contribution in [3.63, 3.8) is 0 Å².